The van der Waals surface area contributed by atoms with E-state index in [1.807, 2.05) is 6.26 Å². The van der Waals surface area contributed by atoms with Gasteiger partial charge in [0.1, 0.15) is 18.1 Å². The molecular formula is C22H37N7O7S. The molecule has 0 aromatic carbocycles. The Bertz CT molecular complexity index is 885. The molecule has 0 aliphatic carbocycles. The Morgan fingerprint density at radius 2 is 1.62 bits per heavy atom. The highest BCUT2D eigenvalue weighted by atomic mass is 32.2. The van der Waals surface area contributed by atoms with Crippen LogP contribution in [0.25, 0.3) is 0 Å². The zero-order chi connectivity index (χ0) is 27.8. The first-order valence-electron chi connectivity index (χ1n) is 11.9. The molecule has 14 nitrogen and oxygen atoms in total. The Labute approximate surface area is 219 Å². The first kappa shape index (κ1) is 31.9. The lowest BCUT2D eigenvalue weighted by Crippen LogP contribution is -2.57. The van der Waals surface area contributed by atoms with E-state index in [4.69, 9.17) is 16.6 Å². The predicted molar refractivity (Wildman–Crippen MR) is 136 cm³/mol. The molecule has 1 rings (SSSR count). The lowest BCUT2D eigenvalue weighted by atomic mass is 10.1. The Morgan fingerprint density at radius 1 is 0.973 bits per heavy atom. The molecule has 1 heterocycles. The third-order valence-electron chi connectivity index (χ3n) is 5.42. The fourth-order valence-corrected chi connectivity index (χ4v) is 3.80. The van der Waals surface area contributed by atoms with Crippen LogP contribution < -0.4 is 27.4 Å². The number of carboxylic acid groups (broad SMARTS) is 2. The molecular weight excluding hydrogens is 506 g/mol. The first-order chi connectivity index (χ1) is 17.6. The number of aliphatic carboxylic acids is 2. The van der Waals surface area contributed by atoms with E-state index < -0.39 is 60.2 Å². The molecule has 1 aromatic rings. The van der Waals surface area contributed by atoms with Crippen molar-refractivity contribution in [2.75, 3.05) is 18.6 Å². The summed E-state index contributed by atoms with van der Waals surface area (Å²) in [6.07, 6.45) is 5.50. The number of nitrogens with zero attached hydrogens (tertiary/aromatic N) is 1. The molecule has 0 fully saturated rings. The minimum absolute atomic E-state index is 0.00305. The second kappa shape index (κ2) is 17.3. The standard InChI is InChI=1S/C22H37N7O7S/c1-37-9-7-14(24)19(32)29-17(10-13-11-25-12-26-13)21(34)27-15(5-6-18(30)31)20(33)28-16(22(35)36)4-2-3-8-23/h11-12,14-17H,2-10,23-24H2,1H3,(H,25,26)(H,27,34)(H,28,33)(H,29,32)(H,30,31)(H,35,36). The van der Waals surface area contributed by atoms with Crippen molar-refractivity contribution in [2.45, 2.75) is 69.1 Å². The van der Waals surface area contributed by atoms with Crippen molar-refractivity contribution in [3.05, 3.63) is 18.2 Å². The smallest absolute Gasteiger partial charge is 0.326 e. The van der Waals surface area contributed by atoms with Crippen molar-refractivity contribution in [1.82, 2.24) is 25.9 Å². The minimum atomic E-state index is -1.36. The van der Waals surface area contributed by atoms with Crippen molar-refractivity contribution >= 4 is 41.4 Å². The summed E-state index contributed by atoms with van der Waals surface area (Å²) in [4.78, 5) is 68.1. The summed E-state index contributed by atoms with van der Waals surface area (Å²) in [7, 11) is 0. The van der Waals surface area contributed by atoms with Crippen molar-refractivity contribution in [2.24, 2.45) is 11.5 Å². The van der Waals surface area contributed by atoms with Gasteiger partial charge in [0.2, 0.25) is 17.7 Å². The monoisotopic (exact) mass is 543 g/mol. The molecule has 0 radical (unpaired) electrons. The summed E-state index contributed by atoms with van der Waals surface area (Å²) < 4.78 is 0. The van der Waals surface area contributed by atoms with Crippen molar-refractivity contribution in [1.29, 1.82) is 0 Å². The highest BCUT2D eigenvalue weighted by molar-refractivity contribution is 7.98. The maximum absolute atomic E-state index is 13.2. The Hall–Kier alpha value is -3.17. The van der Waals surface area contributed by atoms with E-state index in [-0.39, 0.29) is 19.3 Å². The van der Waals surface area contributed by atoms with Crippen LogP contribution in [-0.2, 0) is 30.4 Å². The van der Waals surface area contributed by atoms with Gasteiger partial charge in [0, 0.05) is 24.7 Å². The molecule has 15 heteroatoms. The van der Waals surface area contributed by atoms with Crippen LogP contribution in [0, 0.1) is 0 Å². The van der Waals surface area contributed by atoms with Gasteiger partial charge in [-0.15, -0.1) is 0 Å². The topological polar surface area (TPSA) is 243 Å². The molecule has 0 aliphatic rings. The van der Waals surface area contributed by atoms with Crippen LogP contribution in [0.5, 0.6) is 0 Å². The first-order valence-corrected chi connectivity index (χ1v) is 13.3. The molecule has 37 heavy (non-hydrogen) atoms. The van der Waals surface area contributed by atoms with Crippen LogP contribution in [0.2, 0.25) is 0 Å². The molecule has 1 aromatic heterocycles. The number of aromatic nitrogens is 2. The summed E-state index contributed by atoms with van der Waals surface area (Å²) in [5, 5.41) is 25.9. The summed E-state index contributed by atoms with van der Waals surface area (Å²) >= 11 is 1.52. The number of unbranched alkanes of at least 4 members (excludes halogenated alkanes) is 1. The number of hydrogen-bond acceptors (Lipinski definition) is 9. The largest absolute Gasteiger partial charge is 0.481 e. The van der Waals surface area contributed by atoms with Gasteiger partial charge in [-0.1, -0.05) is 0 Å². The number of carboxylic acids is 2. The SMILES string of the molecule is CSCCC(N)C(=O)NC(Cc1cnc[nH]1)C(=O)NC(CCC(=O)O)C(=O)NC(CCCCN)C(=O)O. The Kier molecular flexibility index (Phi) is 14.9. The zero-order valence-electron chi connectivity index (χ0n) is 20.8. The summed E-state index contributed by atoms with van der Waals surface area (Å²) in [6.45, 7) is 0.363. The number of amides is 3. The van der Waals surface area contributed by atoms with E-state index in [1.54, 1.807) is 0 Å². The number of hydrogen-bond donors (Lipinski definition) is 8. The Balaban J connectivity index is 3.03. The van der Waals surface area contributed by atoms with Crippen LogP contribution in [0.3, 0.4) is 0 Å². The number of nitrogens with one attached hydrogen (secondary N) is 4. The van der Waals surface area contributed by atoms with Crippen molar-refractivity contribution in [3.63, 3.8) is 0 Å². The van der Waals surface area contributed by atoms with Crippen LogP contribution in [0.4, 0.5) is 0 Å². The molecule has 3 amide bonds. The third kappa shape index (κ3) is 12.6. The number of thioether (sulfide) groups is 1. The van der Waals surface area contributed by atoms with E-state index in [0.29, 0.717) is 37.3 Å². The van der Waals surface area contributed by atoms with Crippen LogP contribution in [0.1, 0.15) is 44.2 Å². The van der Waals surface area contributed by atoms with Crippen LogP contribution >= 0.6 is 11.8 Å². The van der Waals surface area contributed by atoms with Crippen molar-refractivity contribution in [3.8, 4) is 0 Å². The molecule has 0 aliphatic heterocycles. The maximum atomic E-state index is 13.2. The van der Waals surface area contributed by atoms with E-state index in [0.717, 1.165) is 0 Å². The molecule has 0 saturated heterocycles. The van der Waals surface area contributed by atoms with Gasteiger partial charge >= 0.3 is 11.9 Å². The lowest BCUT2D eigenvalue weighted by Gasteiger charge is -2.25. The molecule has 10 N–H and O–H groups in total. The number of carbonyl (C=O) groups excluding carboxylic acids is 3. The summed E-state index contributed by atoms with van der Waals surface area (Å²) in [5.41, 5.74) is 11.9. The molecule has 4 atom stereocenters. The highest BCUT2D eigenvalue weighted by Gasteiger charge is 2.31. The van der Waals surface area contributed by atoms with E-state index in [1.165, 1.54) is 24.3 Å². The van der Waals surface area contributed by atoms with Crippen LogP contribution in [0.15, 0.2) is 12.5 Å². The minimum Gasteiger partial charge on any atom is -0.481 e. The third-order valence-corrected chi connectivity index (χ3v) is 6.07. The molecule has 208 valence electrons. The zero-order valence-corrected chi connectivity index (χ0v) is 21.6. The lowest BCUT2D eigenvalue weighted by molar-refractivity contribution is -0.143. The fourth-order valence-electron chi connectivity index (χ4n) is 3.31. The Morgan fingerprint density at radius 3 is 2.19 bits per heavy atom. The average Bonchev–Trinajstić information content (AvgIpc) is 3.36. The van der Waals surface area contributed by atoms with Gasteiger partial charge < -0.3 is 42.6 Å². The molecule has 0 saturated carbocycles. The van der Waals surface area contributed by atoms with Gasteiger partial charge in [-0.3, -0.25) is 19.2 Å². The van der Waals surface area contributed by atoms with E-state index in [9.17, 15) is 29.1 Å². The van der Waals surface area contributed by atoms with Gasteiger partial charge in [-0.25, -0.2) is 9.78 Å². The predicted octanol–water partition coefficient (Wildman–Crippen LogP) is -1.43. The summed E-state index contributed by atoms with van der Waals surface area (Å²) in [6, 6.07) is -4.61. The van der Waals surface area contributed by atoms with Gasteiger partial charge in [0.25, 0.3) is 0 Å². The van der Waals surface area contributed by atoms with Gasteiger partial charge in [-0.05, 0) is 50.7 Å². The second-order valence-electron chi connectivity index (χ2n) is 8.41. The molecule has 0 spiro atoms. The molecule has 0 bridgehead atoms. The van der Waals surface area contributed by atoms with Gasteiger partial charge in [-0.2, -0.15) is 11.8 Å². The second-order valence-corrected chi connectivity index (χ2v) is 9.39. The number of imidazole rings is 1. The normalized spacial score (nSPS) is 14.1. The number of carbonyl (C=O) groups is 5. The number of aromatic amines is 1. The quantitative estimate of drug-likeness (QED) is 0.0939. The number of H-pyrrole nitrogens is 1. The maximum Gasteiger partial charge on any atom is 0.326 e. The van der Waals surface area contributed by atoms with Crippen molar-refractivity contribution < 1.29 is 34.2 Å². The van der Waals surface area contributed by atoms with Gasteiger partial charge in [0.15, 0.2) is 0 Å². The highest BCUT2D eigenvalue weighted by Crippen LogP contribution is 2.07. The summed E-state index contributed by atoms with van der Waals surface area (Å²) in [5.74, 6) is -4.01. The fraction of sp³-hybridized carbons (Fsp3) is 0.636. The number of rotatable bonds is 19. The van der Waals surface area contributed by atoms with Crippen LogP contribution in [-0.4, -0.2) is 92.6 Å². The number of nitrogens with two attached hydrogens (primary N) is 2. The van der Waals surface area contributed by atoms with Gasteiger partial charge in [0.05, 0.1) is 12.4 Å². The molecule has 4 unspecified atom stereocenters. The average molecular weight is 544 g/mol. The van der Waals surface area contributed by atoms with E-state index >= 15 is 0 Å². The van der Waals surface area contributed by atoms with E-state index in [2.05, 4.69) is 25.9 Å².